The zero-order valence-electron chi connectivity index (χ0n) is 13.5. The molecule has 0 amide bonds. The first kappa shape index (κ1) is 16.6. The highest BCUT2D eigenvalue weighted by Crippen LogP contribution is 2.18. The molecule has 1 atom stereocenters. The molecule has 0 saturated heterocycles. The molecule has 3 nitrogen and oxygen atoms in total. The fourth-order valence-corrected chi connectivity index (χ4v) is 2.58. The first-order valence-corrected chi connectivity index (χ1v) is 7.74. The number of rotatable bonds is 6. The van der Waals surface area contributed by atoms with Crippen LogP contribution in [-0.2, 0) is 0 Å². The van der Waals surface area contributed by atoms with Crippen LogP contribution in [0.4, 0.5) is 0 Å². The van der Waals surface area contributed by atoms with Crippen LogP contribution >= 0.6 is 0 Å². The Morgan fingerprint density at radius 3 is 2.30 bits per heavy atom. The Morgan fingerprint density at radius 1 is 1.13 bits per heavy atom. The van der Waals surface area contributed by atoms with Crippen LogP contribution in [0.1, 0.15) is 46.8 Å². The second-order valence-corrected chi connectivity index (χ2v) is 5.60. The minimum atomic E-state index is -0.0575. The SMILES string of the molecule is CCC(CC#N)C(=N)c1ccc(C(=O)c2ccccc2C)cc1. The number of nitriles is 1. The maximum atomic E-state index is 12.5. The molecular formula is C20H20N2O. The number of hydrogen-bond acceptors (Lipinski definition) is 3. The van der Waals surface area contributed by atoms with Gasteiger partial charge >= 0.3 is 0 Å². The van der Waals surface area contributed by atoms with Gasteiger partial charge in [0.1, 0.15) is 0 Å². The molecule has 0 aliphatic carbocycles. The Labute approximate surface area is 137 Å². The molecule has 0 aromatic heterocycles. The van der Waals surface area contributed by atoms with Crippen LogP contribution in [-0.4, -0.2) is 11.5 Å². The van der Waals surface area contributed by atoms with Crippen LogP contribution in [0.15, 0.2) is 48.5 Å². The van der Waals surface area contributed by atoms with Crippen molar-refractivity contribution in [2.45, 2.75) is 26.7 Å². The molecule has 0 aliphatic rings. The van der Waals surface area contributed by atoms with Crippen LogP contribution in [0.2, 0.25) is 0 Å². The molecule has 0 fully saturated rings. The Balaban J connectivity index is 2.23. The lowest BCUT2D eigenvalue weighted by Crippen LogP contribution is -2.14. The van der Waals surface area contributed by atoms with Crippen LogP contribution in [0.25, 0.3) is 0 Å². The lowest BCUT2D eigenvalue weighted by atomic mass is 9.91. The summed E-state index contributed by atoms with van der Waals surface area (Å²) in [5.74, 6) is -0.0665. The lowest BCUT2D eigenvalue weighted by Gasteiger charge is -2.13. The molecule has 2 rings (SSSR count). The summed E-state index contributed by atoms with van der Waals surface area (Å²) in [6, 6.07) is 16.8. The van der Waals surface area contributed by atoms with Crippen molar-refractivity contribution >= 4 is 11.5 Å². The number of nitrogens with zero attached hydrogens (tertiary/aromatic N) is 1. The molecule has 1 unspecified atom stereocenters. The van der Waals surface area contributed by atoms with Gasteiger partial charge in [-0.25, -0.2) is 0 Å². The third-order valence-electron chi connectivity index (χ3n) is 4.09. The first-order chi connectivity index (χ1) is 11.1. The molecule has 0 saturated carbocycles. The highest BCUT2D eigenvalue weighted by molar-refractivity contribution is 6.10. The van der Waals surface area contributed by atoms with Gasteiger partial charge in [0.15, 0.2) is 5.78 Å². The molecular weight excluding hydrogens is 284 g/mol. The van der Waals surface area contributed by atoms with Gasteiger partial charge in [0.25, 0.3) is 0 Å². The van der Waals surface area contributed by atoms with E-state index in [1.165, 1.54) is 0 Å². The standard InChI is InChI=1S/C20H20N2O/c1-3-15(12-13-21)19(22)16-8-10-17(11-9-16)20(23)18-7-5-4-6-14(18)2/h4-11,15,22H,3,12H2,1-2H3. The van der Waals surface area contributed by atoms with E-state index in [0.29, 0.717) is 23.3 Å². The van der Waals surface area contributed by atoms with E-state index in [1.807, 2.05) is 38.1 Å². The Hall–Kier alpha value is -2.73. The third kappa shape index (κ3) is 3.73. The van der Waals surface area contributed by atoms with E-state index < -0.39 is 0 Å². The Kier molecular flexibility index (Phi) is 5.43. The molecule has 23 heavy (non-hydrogen) atoms. The van der Waals surface area contributed by atoms with Crippen LogP contribution in [0.5, 0.6) is 0 Å². The topological polar surface area (TPSA) is 64.7 Å². The number of nitrogens with one attached hydrogen (secondary N) is 1. The number of aryl methyl sites for hydroxylation is 1. The van der Waals surface area contributed by atoms with Crippen LogP contribution in [0.3, 0.4) is 0 Å². The van der Waals surface area contributed by atoms with Gasteiger partial charge in [0, 0.05) is 29.2 Å². The van der Waals surface area contributed by atoms with E-state index in [1.54, 1.807) is 24.3 Å². The largest absolute Gasteiger partial charge is 0.304 e. The van der Waals surface area contributed by atoms with Crippen molar-refractivity contribution in [3.63, 3.8) is 0 Å². The lowest BCUT2D eigenvalue weighted by molar-refractivity contribution is 0.103. The molecule has 1 N–H and O–H groups in total. The molecule has 2 aromatic rings. The van der Waals surface area contributed by atoms with Crippen molar-refractivity contribution in [1.82, 2.24) is 0 Å². The van der Waals surface area contributed by atoms with Crippen molar-refractivity contribution in [2.75, 3.05) is 0 Å². The Morgan fingerprint density at radius 2 is 1.74 bits per heavy atom. The van der Waals surface area contributed by atoms with E-state index in [9.17, 15) is 4.79 Å². The van der Waals surface area contributed by atoms with E-state index in [0.717, 1.165) is 17.5 Å². The van der Waals surface area contributed by atoms with Crippen LogP contribution in [0, 0.1) is 29.6 Å². The van der Waals surface area contributed by atoms with E-state index in [2.05, 4.69) is 6.07 Å². The molecule has 3 heteroatoms. The van der Waals surface area contributed by atoms with Crippen molar-refractivity contribution in [2.24, 2.45) is 5.92 Å². The summed E-state index contributed by atoms with van der Waals surface area (Å²) in [5.41, 5.74) is 3.50. The summed E-state index contributed by atoms with van der Waals surface area (Å²) >= 11 is 0. The molecule has 116 valence electrons. The summed E-state index contributed by atoms with van der Waals surface area (Å²) in [7, 11) is 0. The second-order valence-electron chi connectivity index (χ2n) is 5.60. The molecule has 0 heterocycles. The van der Waals surface area contributed by atoms with Gasteiger partial charge in [-0.1, -0.05) is 55.5 Å². The number of hydrogen-bond donors (Lipinski definition) is 1. The van der Waals surface area contributed by atoms with E-state index in [4.69, 9.17) is 10.7 Å². The third-order valence-corrected chi connectivity index (χ3v) is 4.09. The van der Waals surface area contributed by atoms with E-state index >= 15 is 0 Å². The molecule has 0 spiro atoms. The molecule has 2 aromatic carbocycles. The van der Waals surface area contributed by atoms with E-state index in [-0.39, 0.29) is 11.7 Å². The van der Waals surface area contributed by atoms with Gasteiger partial charge in [-0.2, -0.15) is 5.26 Å². The van der Waals surface area contributed by atoms with Gasteiger partial charge in [-0.15, -0.1) is 0 Å². The number of carbonyl (C=O) groups is 1. The van der Waals surface area contributed by atoms with Gasteiger partial charge in [0.05, 0.1) is 6.07 Å². The highest BCUT2D eigenvalue weighted by atomic mass is 16.1. The Bertz CT molecular complexity index is 754. The van der Waals surface area contributed by atoms with Gasteiger partial charge in [-0.3, -0.25) is 4.79 Å². The van der Waals surface area contributed by atoms with Gasteiger partial charge in [-0.05, 0) is 24.5 Å². The smallest absolute Gasteiger partial charge is 0.193 e. The van der Waals surface area contributed by atoms with Crippen molar-refractivity contribution in [3.05, 3.63) is 70.8 Å². The summed E-state index contributed by atoms with van der Waals surface area (Å²) < 4.78 is 0. The van der Waals surface area contributed by atoms with Crippen molar-refractivity contribution in [1.29, 1.82) is 10.7 Å². The monoisotopic (exact) mass is 304 g/mol. The minimum absolute atomic E-state index is 0.00903. The fraction of sp³-hybridized carbons (Fsp3) is 0.250. The highest BCUT2D eigenvalue weighted by Gasteiger charge is 2.16. The maximum Gasteiger partial charge on any atom is 0.193 e. The predicted octanol–water partition coefficient (Wildman–Crippen LogP) is 4.53. The average molecular weight is 304 g/mol. The zero-order valence-corrected chi connectivity index (χ0v) is 13.5. The van der Waals surface area contributed by atoms with Gasteiger partial charge < -0.3 is 5.41 Å². The summed E-state index contributed by atoms with van der Waals surface area (Å²) in [5, 5.41) is 17.1. The predicted molar refractivity (Wildman–Crippen MR) is 91.9 cm³/mol. The number of carbonyl (C=O) groups excluding carboxylic acids is 1. The molecule has 0 radical (unpaired) electrons. The quantitative estimate of drug-likeness (QED) is 0.629. The maximum absolute atomic E-state index is 12.5. The first-order valence-electron chi connectivity index (χ1n) is 7.74. The summed E-state index contributed by atoms with van der Waals surface area (Å²) in [6.45, 7) is 3.90. The average Bonchev–Trinajstić information content (AvgIpc) is 2.59. The number of benzene rings is 2. The summed E-state index contributed by atoms with van der Waals surface area (Å²) in [6.07, 6.45) is 1.11. The summed E-state index contributed by atoms with van der Waals surface area (Å²) in [4.78, 5) is 12.5. The minimum Gasteiger partial charge on any atom is -0.304 e. The zero-order chi connectivity index (χ0) is 16.8. The second kappa shape index (κ2) is 7.51. The van der Waals surface area contributed by atoms with Crippen molar-refractivity contribution < 1.29 is 4.79 Å². The van der Waals surface area contributed by atoms with Crippen molar-refractivity contribution in [3.8, 4) is 6.07 Å². The number of ketones is 1. The molecule has 0 aliphatic heterocycles. The molecule has 0 bridgehead atoms. The fourth-order valence-electron chi connectivity index (χ4n) is 2.58. The van der Waals surface area contributed by atoms with Crippen LogP contribution < -0.4 is 0 Å². The van der Waals surface area contributed by atoms with Gasteiger partial charge in [0.2, 0.25) is 0 Å². The normalized spacial score (nSPS) is 11.5.